The highest BCUT2D eigenvalue weighted by molar-refractivity contribution is 7.89. The molecule has 0 unspecified atom stereocenters. The molecule has 0 aliphatic carbocycles. The lowest BCUT2D eigenvalue weighted by Gasteiger charge is -2.07. The third-order valence-corrected chi connectivity index (χ3v) is 4.02. The Bertz CT molecular complexity index is 607. The number of nitrogens with two attached hydrogens (primary N) is 1. The van der Waals surface area contributed by atoms with Gasteiger partial charge in [0, 0.05) is 31.0 Å². The summed E-state index contributed by atoms with van der Waals surface area (Å²) < 4.78 is 26.4. The number of hydrogen-bond donors (Lipinski definition) is 4. The number of aromatic amines is 1. The highest BCUT2D eigenvalue weighted by atomic mass is 32.2. The topological polar surface area (TPSA) is 113 Å². The van der Waals surface area contributed by atoms with E-state index in [1.807, 2.05) is 0 Å². The zero-order valence-corrected chi connectivity index (χ0v) is 10.9. The van der Waals surface area contributed by atoms with E-state index in [-0.39, 0.29) is 11.4 Å². The number of nitrogens with zero attached hydrogens (tertiary/aromatic N) is 1. The van der Waals surface area contributed by atoms with Gasteiger partial charge >= 0.3 is 0 Å². The number of nitrogens with one attached hydrogen (secondary N) is 3. The standard InChI is InChI=1S/C11H15N5O2S/c12-16-9-1-3-10(4-2-9)19(17,18)15-6-5-11-13-7-8-14-11/h1-4,7-8,15-16H,5-6,12H2,(H,13,14). The molecule has 1 heterocycles. The van der Waals surface area contributed by atoms with Crippen molar-refractivity contribution in [3.05, 3.63) is 42.5 Å². The number of imidazole rings is 1. The zero-order valence-electron chi connectivity index (χ0n) is 10.1. The Morgan fingerprint density at radius 1 is 1.26 bits per heavy atom. The van der Waals surface area contributed by atoms with Gasteiger partial charge in [-0.2, -0.15) is 0 Å². The molecule has 1 aromatic heterocycles. The Hall–Kier alpha value is -1.90. The number of nitrogen functional groups attached to an aromatic ring is 1. The molecule has 0 radical (unpaired) electrons. The van der Waals surface area contributed by atoms with Gasteiger partial charge in [-0.3, -0.25) is 5.84 Å². The van der Waals surface area contributed by atoms with Crippen molar-refractivity contribution in [2.45, 2.75) is 11.3 Å². The van der Waals surface area contributed by atoms with E-state index in [4.69, 9.17) is 5.84 Å². The molecule has 0 aliphatic heterocycles. The van der Waals surface area contributed by atoms with Crippen molar-refractivity contribution in [1.29, 1.82) is 0 Å². The maximum absolute atomic E-state index is 12.0. The summed E-state index contributed by atoms with van der Waals surface area (Å²) in [5, 5.41) is 0. The Kier molecular flexibility index (Phi) is 4.15. The van der Waals surface area contributed by atoms with Crippen molar-refractivity contribution in [3.8, 4) is 0 Å². The van der Waals surface area contributed by atoms with Crippen LogP contribution in [-0.2, 0) is 16.4 Å². The molecule has 5 N–H and O–H groups in total. The van der Waals surface area contributed by atoms with Gasteiger partial charge in [-0.1, -0.05) is 0 Å². The molecule has 0 amide bonds. The predicted molar refractivity (Wildman–Crippen MR) is 71.7 cm³/mol. The Morgan fingerprint density at radius 3 is 2.58 bits per heavy atom. The molecule has 2 rings (SSSR count). The summed E-state index contributed by atoms with van der Waals surface area (Å²) in [5.74, 6) is 5.96. The van der Waals surface area contributed by atoms with Crippen molar-refractivity contribution < 1.29 is 8.42 Å². The van der Waals surface area contributed by atoms with Crippen molar-refractivity contribution >= 4 is 15.7 Å². The molecule has 19 heavy (non-hydrogen) atoms. The van der Waals surface area contributed by atoms with Crippen molar-refractivity contribution in [2.75, 3.05) is 12.0 Å². The first kappa shape index (κ1) is 13.5. The first-order valence-electron chi connectivity index (χ1n) is 5.66. The third kappa shape index (κ3) is 3.53. The van der Waals surface area contributed by atoms with Crippen LogP contribution < -0.4 is 16.0 Å². The molecule has 0 fully saturated rings. The van der Waals surface area contributed by atoms with E-state index in [0.717, 1.165) is 5.82 Å². The molecule has 0 atom stereocenters. The van der Waals surface area contributed by atoms with E-state index >= 15 is 0 Å². The number of hydrazine groups is 1. The van der Waals surface area contributed by atoms with Gasteiger partial charge in [0.05, 0.1) is 4.90 Å². The van der Waals surface area contributed by atoms with E-state index in [2.05, 4.69) is 20.1 Å². The fourth-order valence-electron chi connectivity index (χ4n) is 1.55. The van der Waals surface area contributed by atoms with Crippen LogP contribution in [0.2, 0.25) is 0 Å². The fraction of sp³-hybridized carbons (Fsp3) is 0.182. The minimum absolute atomic E-state index is 0.200. The van der Waals surface area contributed by atoms with Crippen molar-refractivity contribution in [1.82, 2.24) is 14.7 Å². The van der Waals surface area contributed by atoms with Crippen LogP contribution in [0.1, 0.15) is 5.82 Å². The summed E-state index contributed by atoms with van der Waals surface area (Å²) in [7, 11) is -3.50. The molecule has 2 aromatic rings. The molecule has 1 aromatic carbocycles. The van der Waals surface area contributed by atoms with Gasteiger partial charge in [-0.05, 0) is 24.3 Å². The molecular formula is C11H15N5O2S. The fourth-order valence-corrected chi connectivity index (χ4v) is 2.58. The van der Waals surface area contributed by atoms with Gasteiger partial charge in [-0.15, -0.1) is 0 Å². The molecule has 0 bridgehead atoms. The first-order valence-corrected chi connectivity index (χ1v) is 7.15. The lowest BCUT2D eigenvalue weighted by atomic mass is 10.3. The largest absolute Gasteiger partial charge is 0.349 e. The zero-order chi connectivity index (χ0) is 13.7. The van der Waals surface area contributed by atoms with Crippen LogP contribution in [0, 0.1) is 0 Å². The highest BCUT2D eigenvalue weighted by Crippen LogP contribution is 2.12. The van der Waals surface area contributed by atoms with Gasteiger partial charge in [0.2, 0.25) is 10.0 Å². The lowest BCUT2D eigenvalue weighted by Crippen LogP contribution is -2.26. The van der Waals surface area contributed by atoms with Gasteiger partial charge in [0.15, 0.2) is 0 Å². The maximum atomic E-state index is 12.0. The van der Waals surface area contributed by atoms with Gasteiger partial charge in [0.1, 0.15) is 5.82 Å². The van der Waals surface area contributed by atoms with E-state index in [1.54, 1.807) is 24.5 Å². The third-order valence-electron chi connectivity index (χ3n) is 2.54. The van der Waals surface area contributed by atoms with Crippen LogP contribution in [0.25, 0.3) is 0 Å². The molecule has 0 aliphatic rings. The predicted octanol–water partition coefficient (Wildman–Crippen LogP) is 0.216. The number of benzene rings is 1. The van der Waals surface area contributed by atoms with E-state index in [0.29, 0.717) is 12.1 Å². The Morgan fingerprint density at radius 2 is 2.00 bits per heavy atom. The van der Waals surface area contributed by atoms with Gasteiger partial charge in [0.25, 0.3) is 0 Å². The summed E-state index contributed by atoms with van der Waals surface area (Å²) in [6.07, 6.45) is 3.83. The molecular weight excluding hydrogens is 266 g/mol. The summed E-state index contributed by atoms with van der Waals surface area (Å²) in [6.45, 7) is 0.284. The number of hydrogen-bond acceptors (Lipinski definition) is 5. The summed E-state index contributed by atoms with van der Waals surface area (Å²) in [6, 6.07) is 6.18. The number of H-pyrrole nitrogens is 1. The second-order valence-electron chi connectivity index (χ2n) is 3.85. The summed E-state index contributed by atoms with van der Waals surface area (Å²) in [5.41, 5.74) is 3.09. The van der Waals surface area contributed by atoms with Crippen LogP contribution in [-0.4, -0.2) is 24.9 Å². The van der Waals surface area contributed by atoms with E-state index in [1.165, 1.54) is 12.1 Å². The normalized spacial score (nSPS) is 11.4. The summed E-state index contributed by atoms with van der Waals surface area (Å²) in [4.78, 5) is 7.13. The van der Waals surface area contributed by atoms with E-state index < -0.39 is 10.0 Å². The molecule has 0 saturated carbocycles. The number of sulfonamides is 1. The summed E-state index contributed by atoms with van der Waals surface area (Å²) >= 11 is 0. The number of aromatic nitrogens is 2. The van der Waals surface area contributed by atoms with E-state index in [9.17, 15) is 8.42 Å². The Balaban J connectivity index is 1.97. The number of anilines is 1. The lowest BCUT2D eigenvalue weighted by molar-refractivity contribution is 0.581. The van der Waals surface area contributed by atoms with Crippen molar-refractivity contribution in [3.63, 3.8) is 0 Å². The van der Waals surface area contributed by atoms with Crippen LogP contribution in [0.4, 0.5) is 5.69 Å². The highest BCUT2D eigenvalue weighted by Gasteiger charge is 2.13. The average molecular weight is 281 g/mol. The van der Waals surface area contributed by atoms with Crippen LogP contribution in [0.3, 0.4) is 0 Å². The minimum atomic E-state index is -3.50. The minimum Gasteiger partial charge on any atom is -0.349 e. The maximum Gasteiger partial charge on any atom is 0.240 e. The second kappa shape index (κ2) is 5.83. The molecule has 0 saturated heterocycles. The molecule has 8 heteroatoms. The average Bonchev–Trinajstić information content (AvgIpc) is 2.92. The van der Waals surface area contributed by atoms with Crippen molar-refractivity contribution in [2.24, 2.45) is 5.84 Å². The van der Waals surface area contributed by atoms with Gasteiger partial charge in [-0.25, -0.2) is 18.1 Å². The number of rotatable bonds is 6. The van der Waals surface area contributed by atoms with Crippen LogP contribution in [0.15, 0.2) is 41.6 Å². The SMILES string of the molecule is NNc1ccc(S(=O)(=O)NCCc2ncc[nH]2)cc1. The molecule has 102 valence electrons. The Labute approximate surface area is 111 Å². The van der Waals surface area contributed by atoms with Gasteiger partial charge < -0.3 is 10.4 Å². The molecule has 7 nitrogen and oxygen atoms in total. The molecule has 0 spiro atoms. The smallest absolute Gasteiger partial charge is 0.240 e. The quantitative estimate of drug-likeness (QED) is 0.447. The van der Waals surface area contributed by atoms with Crippen LogP contribution >= 0.6 is 0 Å². The second-order valence-corrected chi connectivity index (χ2v) is 5.62. The monoisotopic (exact) mass is 281 g/mol. The van der Waals surface area contributed by atoms with Crippen LogP contribution in [0.5, 0.6) is 0 Å². The first-order chi connectivity index (χ1) is 9.12.